The third kappa shape index (κ3) is 1.72. The number of aliphatic hydroxyl groups excluding tert-OH is 1. The minimum Gasteiger partial charge on any atom is -0.392 e. The van der Waals surface area contributed by atoms with Crippen LogP contribution in [0.4, 0.5) is 0 Å². The van der Waals surface area contributed by atoms with Gasteiger partial charge in [-0.2, -0.15) is 0 Å². The Hall–Kier alpha value is -0.0400. The van der Waals surface area contributed by atoms with E-state index in [4.69, 9.17) is 0 Å². The van der Waals surface area contributed by atoms with E-state index in [0.29, 0.717) is 5.92 Å². The summed E-state index contributed by atoms with van der Waals surface area (Å²) in [6, 6.07) is 0. The van der Waals surface area contributed by atoms with Crippen molar-refractivity contribution >= 4 is 0 Å². The molecule has 0 aromatic rings. The second-order valence-electron chi connectivity index (χ2n) is 2.91. The predicted molar refractivity (Wildman–Crippen MR) is 41.3 cm³/mol. The molecule has 1 saturated carbocycles. The zero-order chi connectivity index (χ0) is 7.56. The van der Waals surface area contributed by atoms with Crippen LogP contribution in [0.5, 0.6) is 0 Å². The summed E-state index contributed by atoms with van der Waals surface area (Å²) in [4.78, 5) is 0. The topological polar surface area (TPSA) is 20.2 Å². The molecule has 1 atom stereocenters. The average Bonchev–Trinajstić information content (AvgIpc) is 2.36. The van der Waals surface area contributed by atoms with Gasteiger partial charge in [0.15, 0.2) is 0 Å². The average molecular weight is 137 g/mol. The lowest BCUT2D eigenvalue weighted by Gasteiger charge is -2.19. The highest BCUT2D eigenvalue weighted by Gasteiger charge is 2.26. The first-order valence-electron chi connectivity index (χ1n) is 3.61. The monoisotopic (exact) mass is 137 g/mol. The summed E-state index contributed by atoms with van der Waals surface area (Å²) in [5.41, 5.74) is 0. The molecule has 0 bridgehead atoms. The number of rotatable bonds is 2. The molecule has 10 heavy (non-hydrogen) atoms. The predicted octanol–water partition coefficient (Wildman–Crippen LogP) is 1.41. The standard InChI is InChI=1S/C9H13O/c1-7(2)9(10)8-5-3-4-6-8/h3-7,9-10H,1-2H3/t9-/m0/s1. The van der Waals surface area contributed by atoms with Gasteiger partial charge in [0.2, 0.25) is 0 Å². The van der Waals surface area contributed by atoms with Gasteiger partial charge >= 0.3 is 0 Å². The molecule has 0 spiro atoms. The second-order valence-corrected chi connectivity index (χ2v) is 2.91. The highest BCUT2D eigenvalue weighted by molar-refractivity contribution is 5.37. The van der Waals surface area contributed by atoms with Gasteiger partial charge in [-0.15, -0.1) is 0 Å². The van der Waals surface area contributed by atoms with E-state index < -0.39 is 0 Å². The largest absolute Gasteiger partial charge is 0.392 e. The summed E-state index contributed by atoms with van der Waals surface area (Å²) in [5, 5.41) is 9.49. The molecule has 1 N–H and O–H groups in total. The highest BCUT2D eigenvalue weighted by Crippen LogP contribution is 2.29. The van der Waals surface area contributed by atoms with Crippen molar-refractivity contribution in [2.45, 2.75) is 20.0 Å². The zero-order valence-corrected chi connectivity index (χ0v) is 6.41. The van der Waals surface area contributed by atoms with Crippen molar-refractivity contribution in [3.05, 3.63) is 31.6 Å². The molecule has 55 valence electrons. The first kappa shape index (κ1) is 8.06. The summed E-state index contributed by atoms with van der Waals surface area (Å²) in [6.45, 7) is 4.02. The molecule has 0 aliphatic heterocycles. The lowest BCUT2D eigenvalue weighted by Crippen LogP contribution is -2.22. The van der Waals surface area contributed by atoms with E-state index in [-0.39, 0.29) is 6.10 Å². The van der Waals surface area contributed by atoms with Crippen LogP contribution >= 0.6 is 0 Å². The SMILES string of the molecule is CC(C)[C@H](O)[C]1[CH][CH][CH][CH]1. The first-order chi connectivity index (χ1) is 4.72. The molecule has 0 aromatic carbocycles. The van der Waals surface area contributed by atoms with E-state index in [2.05, 4.69) is 0 Å². The normalized spacial score (nSPS) is 24.0. The molecule has 1 aliphatic rings. The maximum atomic E-state index is 9.49. The van der Waals surface area contributed by atoms with Gasteiger partial charge in [0.25, 0.3) is 0 Å². The third-order valence-corrected chi connectivity index (χ3v) is 1.66. The van der Waals surface area contributed by atoms with Gasteiger partial charge in [0, 0.05) is 5.92 Å². The van der Waals surface area contributed by atoms with E-state index in [9.17, 15) is 5.11 Å². The Labute approximate surface area is 63.4 Å². The van der Waals surface area contributed by atoms with Crippen molar-refractivity contribution in [2.75, 3.05) is 0 Å². The van der Waals surface area contributed by atoms with E-state index >= 15 is 0 Å². The number of hydrogen-bond donors (Lipinski definition) is 1. The molecule has 0 saturated heterocycles. The van der Waals surface area contributed by atoms with E-state index in [0.717, 1.165) is 5.92 Å². The van der Waals surface area contributed by atoms with Crippen molar-refractivity contribution in [2.24, 2.45) is 5.92 Å². The maximum Gasteiger partial charge on any atom is 0.0631 e. The Kier molecular flexibility index (Phi) is 2.72. The summed E-state index contributed by atoms with van der Waals surface area (Å²) in [7, 11) is 0. The summed E-state index contributed by atoms with van der Waals surface area (Å²) in [6.07, 6.45) is 7.49. The Bertz CT molecular complexity index is 92.9. The van der Waals surface area contributed by atoms with E-state index in [1.165, 1.54) is 0 Å². The molecular formula is C9H13O. The molecule has 1 rings (SSSR count). The van der Waals surface area contributed by atoms with Crippen molar-refractivity contribution < 1.29 is 5.11 Å². The van der Waals surface area contributed by atoms with Crippen LogP contribution < -0.4 is 0 Å². The van der Waals surface area contributed by atoms with Crippen molar-refractivity contribution in [3.8, 4) is 0 Å². The minimum atomic E-state index is -0.296. The molecule has 5 radical (unpaired) electrons. The zero-order valence-electron chi connectivity index (χ0n) is 6.41. The van der Waals surface area contributed by atoms with E-state index in [1.807, 2.05) is 39.5 Å². The van der Waals surface area contributed by atoms with Crippen LogP contribution in [0.25, 0.3) is 0 Å². The summed E-state index contributed by atoms with van der Waals surface area (Å²) < 4.78 is 0. The van der Waals surface area contributed by atoms with E-state index in [1.54, 1.807) is 0 Å². The third-order valence-electron chi connectivity index (χ3n) is 1.66. The lowest BCUT2D eigenvalue weighted by atomic mass is 9.92. The Balaban J connectivity index is 2.32. The molecule has 0 heterocycles. The molecule has 1 fully saturated rings. The highest BCUT2D eigenvalue weighted by atomic mass is 16.3. The molecule has 1 aliphatic carbocycles. The minimum absolute atomic E-state index is 0.296. The van der Waals surface area contributed by atoms with Gasteiger partial charge < -0.3 is 5.11 Å². The molecule has 1 nitrogen and oxygen atoms in total. The van der Waals surface area contributed by atoms with Crippen LogP contribution in [-0.4, -0.2) is 11.2 Å². The van der Waals surface area contributed by atoms with Gasteiger partial charge in [-0.1, -0.05) is 13.8 Å². The van der Waals surface area contributed by atoms with Crippen molar-refractivity contribution in [1.82, 2.24) is 0 Å². The van der Waals surface area contributed by atoms with Crippen molar-refractivity contribution in [3.63, 3.8) is 0 Å². The Morgan fingerprint density at radius 3 is 2.10 bits per heavy atom. The fraction of sp³-hybridized carbons (Fsp3) is 0.444. The quantitative estimate of drug-likeness (QED) is 0.610. The molecule has 1 heteroatoms. The van der Waals surface area contributed by atoms with Crippen LogP contribution in [0, 0.1) is 37.5 Å². The summed E-state index contributed by atoms with van der Waals surface area (Å²) >= 11 is 0. The van der Waals surface area contributed by atoms with Gasteiger partial charge in [0.05, 0.1) is 6.10 Å². The molecule has 0 aromatic heterocycles. The summed E-state index contributed by atoms with van der Waals surface area (Å²) in [5.74, 6) is 1.33. The fourth-order valence-corrected chi connectivity index (χ4v) is 0.971. The van der Waals surface area contributed by atoms with Crippen LogP contribution in [0.1, 0.15) is 13.8 Å². The smallest absolute Gasteiger partial charge is 0.0631 e. The number of hydrogen-bond acceptors (Lipinski definition) is 1. The molecular weight excluding hydrogens is 124 g/mol. The van der Waals surface area contributed by atoms with Gasteiger partial charge in [-0.25, -0.2) is 0 Å². The number of aliphatic hydroxyl groups is 1. The Morgan fingerprint density at radius 1 is 1.20 bits per heavy atom. The van der Waals surface area contributed by atoms with Gasteiger partial charge in [-0.3, -0.25) is 0 Å². The van der Waals surface area contributed by atoms with Crippen molar-refractivity contribution in [1.29, 1.82) is 0 Å². The first-order valence-corrected chi connectivity index (χ1v) is 3.61. The lowest BCUT2D eigenvalue weighted by molar-refractivity contribution is 0.146. The van der Waals surface area contributed by atoms with Crippen LogP contribution in [0.2, 0.25) is 0 Å². The second kappa shape index (κ2) is 3.38. The van der Waals surface area contributed by atoms with Gasteiger partial charge in [0.1, 0.15) is 0 Å². The molecule has 0 unspecified atom stereocenters. The van der Waals surface area contributed by atoms with Crippen LogP contribution in [0.3, 0.4) is 0 Å². The Morgan fingerprint density at radius 2 is 1.70 bits per heavy atom. The maximum absolute atomic E-state index is 9.49. The fourth-order valence-electron chi connectivity index (χ4n) is 0.971. The van der Waals surface area contributed by atoms with Crippen LogP contribution in [-0.2, 0) is 0 Å². The van der Waals surface area contributed by atoms with Crippen LogP contribution in [0.15, 0.2) is 0 Å². The van der Waals surface area contributed by atoms with Gasteiger partial charge in [-0.05, 0) is 31.6 Å². The molecule has 0 amide bonds.